The number of H-pyrrole nitrogens is 1. The second-order valence-electron chi connectivity index (χ2n) is 11.2. The van der Waals surface area contributed by atoms with Gasteiger partial charge < -0.3 is 29.9 Å². The van der Waals surface area contributed by atoms with E-state index in [1.165, 1.54) is 6.42 Å². The standard InChI is InChI=1S/C26H38N4O6S.C3H8/c1-26(2,3)37(5,6)36-15-21(31)19(12-16-10-11-27-24(16)33)30-23(32)14-28-25(34)20-13-17-18(29-20)8-7-9-22(17)35-4;1-3-2/h7-9,13,16,19,29H,10-12,14-15H2,1-6H3,(H,27,33)(H,28,34)(H,30,32);3H2,1-2H3. The molecular weight excluding hydrogens is 532 g/mol. The number of amides is 3. The van der Waals surface area contributed by atoms with Crippen LogP contribution in [0.2, 0.25) is 0 Å². The lowest BCUT2D eigenvalue weighted by atomic mass is 9.96. The van der Waals surface area contributed by atoms with E-state index in [1.807, 2.05) is 24.6 Å². The highest BCUT2D eigenvalue weighted by Gasteiger charge is 2.34. The van der Waals surface area contributed by atoms with E-state index >= 15 is 0 Å². The van der Waals surface area contributed by atoms with Gasteiger partial charge >= 0.3 is 0 Å². The van der Waals surface area contributed by atoms with Gasteiger partial charge in [-0.2, -0.15) is 0 Å². The first-order valence-corrected chi connectivity index (χ1v) is 16.0. The Balaban J connectivity index is 0.00000178. The zero-order valence-electron chi connectivity index (χ0n) is 25.1. The van der Waals surface area contributed by atoms with Crippen LogP contribution in [-0.2, 0) is 18.6 Å². The highest BCUT2D eigenvalue weighted by atomic mass is 32.3. The average molecular weight is 579 g/mol. The molecule has 1 aromatic heterocycles. The number of carbonyl (C=O) groups is 4. The Morgan fingerprint density at radius 3 is 2.42 bits per heavy atom. The first-order valence-electron chi connectivity index (χ1n) is 13.6. The van der Waals surface area contributed by atoms with Crippen molar-refractivity contribution in [3.8, 4) is 5.75 Å². The zero-order chi connectivity index (χ0) is 30.1. The molecule has 11 heteroatoms. The van der Waals surface area contributed by atoms with Crippen LogP contribution in [0.15, 0.2) is 24.3 Å². The van der Waals surface area contributed by atoms with E-state index in [9.17, 15) is 19.2 Å². The number of Topliss-reactive ketones (excluding diaryl/α,β-unsaturated/α-hetero) is 1. The number of benzene rings is 1. The normalized spacial score (nSPS) is 16.4. The van der Waals surface area contributed by atoms with Crippen LogP contribution in [0.3, 0.4) is 0 Å². The van der Waals surface area contributed by atoms with Gasteiger partial charge in [-0.15, -0.1) is 10.3 Å². The van der Waals surface area contributed by atoms with Gasteiger partial charge in [0.15, 0.2) is 5.78 Å². The molecule has 3 amide bonds. The fraction of sp³-hybridized carbons (Fsp3) is 0.586. The molecular formula is C29H46N4O6S. The molecule has 1 saturated heterocycles. The minimum atomic E-state index is -1.54. The number of methoxy groups -OCH3 is 1. The average Bonchev–Trinajstić information content (AvgIpc) is 3.51. The molecule has 1 fully saturated rings. The molecule has 2 aromatic rings. The van der Waals surface area contributed by atoms with Crippen molar-refractivity contribution in [1.29, 1.82) is 0 Å². The number of fused-ring (bicyclic) bond motifs is 1. The smallest absolute Gasteiger partial charge is 0.268 e. The first-order chi connectivity index (χ1) is 18.7. The Bertz CT molecular complexity index is 1190. The second kappa shape index (κ2) is 14.5. The molecule has 0 bridgehead atoms. The fourth-order valence-electron chi connectivity index (χ4n) is 3.84. The van der Waals surface area contributed by atoms with Crippen molar-refractivity contribution in [3.05, 3.63) is 30.0 Å². The molecule has 1 aliphatic rings. The molecule has 0 spiro atoms. The summed E-state index contributed by atoms with van der Waals surface area (Å²) >= 11 is 0. The molecule has 10 nitrogen and oxygen atoms in total. The summed E-state index contributed by atoms with van der Waals surface area (Å²) in [6, 6.07) is 6.18. The van der Waals surface area contributed by atoms with Crippen molar-refractivity contribution >= 4 is 44.7 Å². The molecule has 1 aliphatic heterocycles. The van der Waals surface area contributed by atoms with Crippen molar-refractivity contribution in [3.63, 3.8) is 0 Å². The van der Waals surface area contributed by atoms with E-state index in [-0.39, 0.29) is 47.6 Å². The van der Waals surface area contributed by atoms with Crippen molar-refractivity contribution in [2.24, 2.45) is 5.92 Å². The molecule has 224 valence electrons. The SMILES string of the molecule is CCC.COc1cccc2[nH]c(C(=O)NCC(=O)NC(CC3CCNC3=O)C(=O)COS(C)(C)C(C)(C)C)cc12. The number of hydrogen-bond donors (Lipinski definition) is 4. The summed E-state index contributed by atoms with van der Waals surface area (Å²) < 4.78 is 11.2. The van der Waals surface area contributed by atoms with Gasteiger partial charge in [-0.05, 0) is 43.6 Å². The molecule has 1 aromatic carbocycles. The van der Waals surface area contributed by atoms with E-state index in [4.69, 9.17) is 8.92 Å². The third kappa shape index (κ3) is 8.99. The Labute approximate surface area is 239 Å². The van der Waals surface area contributed by atoms with Gasteiger partial charge in [-0.1, -0.05) is 47.1 Å². The third-order valence-corrected chi connectivity index (χ3v) is 10.5. The van der Waals surface area contributed by atoms with E-state index in [0.29, 0.717) is 18.7 Å². The largest absolute Gasteiger partial charge is 0.496 e. The molecule has 2 atom stereocenters. The number of carbonyl (C=O) groups excluding carboxylic acids is 4. The summed E-state index contributed by atoms with van der Waals surface area (Å²) in [6.45, 7) is 10.5. The Morgan fingerprint density at radius 1 is 1.18 bits per heavy atom. The Morgan fingerprint density at radius 2 is 1.85 bits per heavy atom. The van der Waals surface area contributed by atoms with Crippen LogP contribution in [0.5, 0.6) is 5.75 Å². The van der Waals surface area contributed by atoms with E-state index in [1.54, 1.807) is 19.2 Å². The summed E-state index contributed by atoms with van der Waals surface area (Å²) in [5, 5.41) is 8.80. The van der Waals surface area contributed by atoms with Crippen LogP contribution in [-0.4, -0.2) is 78.6 Å². The highest BCUT2D eigenvalue weighted by Crippen LogP contribution is 2.53. The summed E-state index contributed by atoms with van der Waals surface area (Å²) in [6.07, 6.45) is 6.01. The number of ether oxygens (including phenoxy) is 1. The summed E-state index contributed by atoms with van der Waals surface area (Å²) in [5.41, 5.74) is 1.01. The zero-order valence-corrected chi connectivity index (χ0v) is 25.9. The van der Waals surface area contributed by atoms with Crippen LogP contribution >= 0.6 is 10.3 Å². The Kier molecular flexibility index (Phi) is 12.1. The maximum Gasteiger partial charge on any atom is 0.268 e. The predicted molar refractivity (Wildman–Crippen MR) is 161 cm³/mol. The van der Waals surface area contributed by atoms with Gasteiger partial charge in [0.05, 0.1) is 19.7 Å². The lowest BCUT2D eigenvalue weighted by molar-refractivity contribution is -0.129. The van der Waals surface area contributed by atoms with Crippen LogP contribution in [0.25, 0.3) is 10.9 Å². The molecule has 40 heavy (non-hydrogen) atoms. The van der Waals surface area contributed by atoms with E-state index < -0.39 is 28.2 Å². The summed E-state index contributed by atoms with van der Waals surface area (Å²) in [5.74, 6) is -1.16. The van der Waals surface area contributed by atoms with Gasteiger partial charge in [0.1, 0.15) is 18.1 Å². The molecule has 4 N–H and O–H groups in total. The maximum absolute atomic E-state index is 13.1. The van der Waals surface area contributed by atoms with Gasteiger partial charge in [-0.3, -0.25) is 19.2 Å². The van der Waals surface area contributed by atoms with Gasteiger partial charge in [0.2, 0.25) is 11.8 Å². The van der Waals surface area contributed by atoms with E-state index in [0.717, 1.165) is 10.9 Å². The van der Waals surface area contributed by atoms with Crippen LogP contribution in [0, 0.1) is 5.92 Å². The van der Waals surface area contributed by atoms with Crippen LogP contribution in [0.4, 0.5) is 0 Å². The lowest BCUT2D eigenvalue weighted by Gasteiger charge is -2.43. The maximum atomic E-state index is 13.1. The quantitative estimate of drug-likeness (QED) is 0.321. The molecule has 0 saturated carbocycles. The number of hydrogen-bond acceptors (Lipinski definition) is 6. The van der Waals surface area contributed by atoms with Crippen molar-refractivity contribution < 1.29 is 28.1 Å². The third-order valence-electron chi connectivity index (χ3n) is 6.88. The van der Waals surface area contributed by atoms with Crippen molar-refractivity contribution in [1.82, 2.24) is 20.9 Å². The fourth-order valence-corrected chi connectivity index (χ4v) is 4.60. The number of nitrogens with one attached hydrogen (secondary N) is 4. The molecule has 2 heterocycles. The minimum absolute atomic E-state index is 0.129. The summed E-state index contributed by atoms with van der Waals surface area (Å²) in [4.78, 5) is 53.6. The number of aromatic nitrogens is 1. The van der Waals surface area contributed by atoms with Crippen molar-refractivity contribution in [2.75, 3.05) is 39.3 Å². The molecule has 0 radical (unpaired) electrons. The van der Waals surface area contributed by atoms with Gasteiger partial charge in [0, 0.05) is 28.1 Å². The van der Waals surface area contributed by atoms with Gasteiger partial charge in [-0.25, -0.2) is 0 Å². The molecule has 3 rings (SSSR count). The second-order valence-corrected chi connectivity index (χ2v) is 15.1. The Hall–Kier alpha value is -3.05. The molecule has 0 aliphatic carbocycles. The molecule has 2 unspecified atom stereocenters. The summed E-state index contributed by atoms with van der Waals surface area (Å²) in [7, 11) is 0.00740. The monoisotopic (exact) mass is 578 g/mol. The van der Waals surface area contributed by atoms with Crippen LogP contribution < -0.4 is 20.7 Å². The van der Waals surface area contributed by atoms with Crippen molar-refractivity contribution in [2.45, 2.75) is 64.7 Å². The number of aromatic amines is 1. The predicted octanol–water partition coefficient (Wildman–Crippen LogP) is 3.70. The van der Waals surface area contributed by atoms with E-state index in [2.05, 4.69) is 55.6 Å². The number of ketones is 1. The minimum Gasteiger partial charge on any atom is -0.496 e. The lowest BCUT2D eigenvalue weighted by Crippen LogP contribution is -2.48. The first kappa shape index (κ1) is 33.2. The topological polar surface area (TPSA) is 139 Å². The highest BCUT2D eigenvalue weighted by molar-refractivity contribution is 8.29. The number of rotatable bonds is 11. The van der Waals surface area contributed by atoms with Crippen LogP contribution in [0.1, 0.15) is 64.4 Å². The van der Waals surface area contributed by atoms with Gasteiger partial charge in [0.25, 0.3) is 5.91 Å².